The number of hydrogen-bond acceptors (Lipinski definition) is 4. The van der Waals surface area contributed by atoms with E-state index in [1.54, 1.807) is 36.4 Å². The van der Waals surface area contributed by atoms with Crippen molar-refractivity contribution in [1.82, 2.24) is 0 Å². The SMILES string of the molecule is COc1ccc(S(=O)(=O)[C@@H](CN)c2cccc(Cl)c2)cc1. The number of hydrogen-bond donors (Lipinski definition) is 1. The van der Waals surface area contributed by atoms with E-state index in [2.05, 4.69) is 0 Å². The summed E-state index contributed by atoms with van der Waals surface area (Å²) in [5.74, 6) is 0.598. The Kier molecular flexibility index (Phi) is 4.88. The predicted molar refractivity (Wildman–Crippen MR) is 83.4 cm³/mol. The van der Waals surface area contributed by atoms with E-state index in [-0.39, 0.29) is 11.4 Å². The Morgan fingerprint density at radius 3 is 2.38 bits per heavy atom. The number of sulfone groups is 1. The van der Waals surface area contributed by atoms with Gasteiger partial charge in [-0.15, -0.1) is 0 Å². The number of benzene rings is 2. The zero-order valence-corrected chi connectivity index (χ0v) is 13.1. The van der Waals surface area contributed by atoms with Crippen molar-refractivity contribution in [1.29, 1.82) is 0 Å². The van der Waals surface area contributed by atoms with E-state index in [0.29, 0.717) is 16.3 Å². The van der Waals surface area contributed by atoms with Crippen LogP contribution >= 0.6 is 11.6 Å². The second-order valence-electron chi connectivity index (χ2n) is 4.50. The first-order chi connectivity index (χ1) is 9.98. The molecule has 0 bridgehead atoms. The number of halogens is 1. The Bertz CT molecular complexity index is 714. The molecule has 4 nitrogen and oxygen atoms in total. The van der Waals surface area contributed by atoms with Crippen molar-refractivity contribution in [3.05, 3.63) is 59.1 Å². The standard InChI is InChI=1S/C15H16ClNO3S/c1-20-13-5-7-14(8-6-13)21(18,19)15(10-17)11-3-2-4-12(16)9-11/h2-9,15H,10,17H2,1H3/t15-/m0/s1. The summed E-state index contributed by atoms with van der Waals surface area (Å²) in [5, 5.41) is -0.347. The van der Waals surface area contributed by atoms with Gasteiger partial charge >= 0.3 is 0 Å². The molecule has 2 rings (SSSR count). The molecule has 2 N–H and O–H groups in total. The number of rotatable bonds is 5. The van der Waals surface area contributed by atoms with Crippen molar-refractivity contribution in [2.24, 2.45) is 5.73 Å². The van der Waals surface area contributed by atoms with Gasteiger partial charge in [-0.3, -0.25) is 0 Å². The molecule has 0 aliphatic carbocycles. The summed E-state index contributed by atoms with van der Waals surface area (Å²) >= 11 is 5.93. The molecule has 6 heteroatoms. The highest BCUT2D eigenvalue weighted by molar-refractivity contribution is 7.91. The molecule has 112 valence electrons. The van der Waals surface area contributed by atoms with Gasteiger partial charge < -0.3 is 10.5 Å². The van der Waals surface area contributed by atoms with Crippen molar-refractivity contribution in [3.63, 3.8) is 0 Å². The molecule has 0 aromatic heterocycles. The molecule has 2 aromatic carbocycles. The quantitative estimate of drug-likeness (QED) is 0.917. The molecule has 1 atom stereocenters. The fourth-order valence-electron chi connectivity index (χ4n) is 2.08. The third-order valence-electron chi connectivity index (χ3n) is 3.20. The Balaban J connectivity index is 2.44. The van der Waals surface area contributed by atoms with Crippen molar-refractivity contribution in [3.8, 4) is 5.75 Å². The number of ether oxygens (including phenoxy) is 1. The van der Waals surface area contributed by atoms with E-state index in [4.69, 9.17) is 22.1 Å². The Morgan fingerprint density at radius 2 is 1.86 bits per heavy atom. The fourth-order valence-corrected chi connectivity index (χ4v) is 3.88. The normalized spacial score (nSPS) is 12.9. The van der Waals surface area contributed by atoms with Crippen molar-refractivity contribution >= 4 is 21.4 Å². The van der Waals surface area contributed by atoms with Gasteiger partial charge in [0, 0.05) is 11.6 Å². The predicted octanol–water partition coefficient (Wildman–Crippen LogP) is 2.82. The highest BCUT2D eigenvalue weighted by Crippen LogP contribution is 2.30. The average Bonchev–Trinajstić information content (AvgIpc) is 2.48. The Labute approximate surface area is 129 Å². The summed E-state index contributed by atoms with van der Waals surface area (Å²) in [6.07, 6.45) is 0. The van der Waals surface area contributed by atoms with E-state index in [9.17, 15) is 8.42 Å². The van der Waals surface area contributed by atoms with Crippen LogP contribution in [0.1, 0.15) is 10.8 Å². The van der Waals surface area contributed by atoms with Crippen molar-refractivity contribution < 1.29 is 13.2 Å². The van der Waals surface area contributed by atoms with Gasteiger partial charge in [-0.2, -0.15) is 0 Å². The molecule has 2 aromatic rings. The lowest BCUT2D eigenvalue weighted by Gasteiger charge is -2.17. The summed E-state index contributed by atoms with van der Waals surface area (Å²) in [7, 11) is -2.06. The molecule has 21 heavy (non-hydrogen) atoms. The van der Waals surface area contributed by atoms with Crippen LogP contribution in [-0.4, -0.2) is 22.1 Å². The van der Waals surface area contributed by atoms with Gasteiger partial charge in [0.05, 0.1) is 12.0 Å². The Morgan fingerprint density at radius 1 is 1.19 bits per heavy atom. The van der Waals surface area contributed by atoms with Crippen LogP contribution in [0.15, 0.2) is 53.4 Å². The van der Waals surface area contributed by atoms with Crippen LogP contribution in [0.3, 0.4) is 0 Å². The first-order valence-corrected chi connectivity index (χ1v) is 8.25. The van der Waals surface area contributed by atoms with Gasteiger partial charge in [0.25, 0.3) is 0 Å². The molecule has 0 aliphatic rings. The summed E-state index contributed by atoms with van der Waals surface area (Å²) in [6, 6.07) is 13.0. The van der Waals surface area contributed by atoms with E-state index < -0.39 is 15.1 Å². The van der Waals surface area contributed by atoms with E-state index in [1.807, 2.05) is 0 Å². The molecule has 0 heterocycles. The monoisotopic (exact) mass is 325 g/mol. The summed E-state index contributed by atoms with van der Waals surface area (Å²) in [5.41, 5.74) is 6.27. The van der Waals surface area contributed by atoms with Crippen LogP contribution < -0.4 is 10.5 Å². The van der Waals surface area contributed by atoms with Gasteiger partial charge in [0.1, 0.15) is 11.0 Å². The van der Waals surface area contributed by atoms with Crippen LogP contribution in [0, 0.1) is 0 Å². The highest BCUT2D eigenvalue weighted by atomic mass is 35.5. The maximum absolute atomic E-state index is 12.7. The Hall–Kier alpha value is -1.56. The molecule has 0 saturated carbocycles. The maximum atomic E-state index is 12.7. The summed E-state index contributed by atoms with van der Waals surface area (Å²) in [6.45, 7) is -0.0191. The zero-order valence-electron chi connectivity index (χ0n) is 11.5. The average molecular weight is 326 g/mol. The van der Waals surface area contributed by atoms with Crippen LogP contribution in [0.4, 0.5) is 0 Å². The molecule has 0 aliphatic heterocycles. The lowest BCUT2D eigenvalue weighted by molar-refractivity contribution is 0.414. The van der Waals surface area contributed by atoms with Gasteiger partial charge in [0.15, 0.2) is 9.84 Å². The topological polar surface area (TPSA) is 69.4 Å². The van der Waals surface area contributed by atoms with Gasteiger partial charge in [-0.25, -0.2) is 8.42 Å². The van der Waals surface area contributed by atoms with Crippen molar-refractivity contribution in [2.75, 3.05) is 13.7 Å². The van der Waals surface area contributed by atoms with Gasteiger partial charge in [0.2, 0.25) is 0 Å². The minimum Gasteiger partial charge on any atom is -0.497 e. The number of nitrogens with two attached hydrogens (primary N) is 1. The van der Waals surface area contributed by atoms with Gasteiger partial charge in [-0.05, 0) is 42.0 Å². The second-order valence-corrected chi connectivity index (χ2v) is 7.07. The van der Waals surface area contributed by atoms with Crippen LogP contribution in [0.2, 0.25) is 5.02 Å². The molecular weight excluding hydrogens is 310 g/mol. The van der Waals surface area contributed by atoms with Crippen LogP contribution in [0.25, 0.3) is 0 Å². The van der Waals surface area contributed by atoms with E-state index >= 15 is 0 Å². The molecule has 0 fully saturated rings. The minimum atomic E-state index is -3.59. The second kappa shape index (κ2) is 6.47. The lowest BCUT2D eigenvalue weighted by atomic mass is 10.1. The lowest BCUT2D eigenvalue weighted by Crippen LogP contribution is -2.22. The van der Waals surface area contributed by atoms with Gasteiger partial charge in [-0.1, -0.05) is 23.7 Å². The molecular formula is C15H16ClNO3S. The zero-order chi connectivity index (χ0) is 15.5. The third kappa shape index (κ3) is 3.37. The highest BCUT2D eigenvalue weighted by Gasteiger charge is 2.28. The molecule has 0 unspecified atom stereocenters. The van der Waals surface area contributed by atoms with E-state index in [1.165, 1.54) is 19.2 Å². The minimum absolute atomic E-state index is 0.0191. The van der Waals surface area contributed by atoms with Crippen LogP contribution in [-0.2, 0) is 9.84 Å². The maximum Gasteiger partial charge on any atom is 0.186 e. The first-order valence-electron chi connectivity index (χ1n) is 6.32. The third-order valence-corrected chi connectivity index (χ3v) is 5.58. The first kappa shape index (κ1) is 15.8. The number of methoxy groups -OCH3 is 1. The molecule has 0 radical (unpaired) electrons. The molecule has 0 saturated heterocycles. The summed E-state index contributed by atoms with van der Waals surface area (Å²) < 4.78 is 30.5. The summed E-state index contributed by atoms with van der Waals surface area (Å²) in [4.78, 5) is 0.207. The van der Waals surface area contributed by atoms with E-state index in [0.717, 1.165) is 0 Å². The van der Waals surface area contributed by atoms with Crippen LogP contribution in [0.5, 0.6) is 5.75 Å². The fraction of sp³-hybridized carbons (Fsp3) is 0.200. The smallest absolute Gasteiger partial charge is 0.186 e. The van der Waals surface area contributed by atoms with Crippen molar-refractivity contribution in [2.45, 2.75) is 10.1 Å². The largest absolute Gasteiger partial charge is 0.497 e. The molecule has 0 amide bonds. The molecule has 0 spiro atoms.